The summed E-state index contributed by atoms with van der Waals surface area (Å²) in [5.41, 5.74) is 0.797. The second-order valence-electron chi connectivity index (χ2n) is 5.11. The fraction of sp³-hybridized carbons (Fsp3) is 0.400. The maximum atomic E-state index is 11.9. The first-order valence-electron chi connectivity index (χ1n) is 7.45. The van der Waals surface area contributed by atoms with Crippen LogP contribution in [0.4, 0.5) is 0 Å². The zero-order chi connectivity index (χ0) is 16.7. The summed E-state index contributed by atoms with van der Waals surface area (Å²) in [7, 11) is 0. The van der Waals surface area contributed by atoms with Gasteiger partial charge >= 0.3 is 5.97 Å². The standard InChI is InChI=1S/C15H19N5O3/c1-2-3-9-12(15(22)23)16-13(21)10-20-18-14(17-19-20)11-7-5-4-6-8-11/h4-8,12H,2-3,9-10H2,1H3,(H,16,21)(H,22,23)/t12-/m0/s1. The molecule has 0 fully saturated rings. The van der Waals surface area contributed by atoms with Gasteiger partial charge in [-0.3, -0.25) is 4.79 Å². The van der Waals surface area contributed by atoms with Crippen molar-refractivity contribution < 1.29 is 14.7 Å². The minimum atomic E-state index is -1.04. The van der Waals surface area contributed by atoms with E-state index in [1.165, 1.54) is 0 Å². The SMILES string of the molecule is CCCC[C@H](NC(=O)Cn1nnc(-c2ccccc2)n1)C(=O)O. The van der Waals surface area contributed by atoms with E-state index < -0.39 is 17.9 Å². The Hall–Kier alpha value is -2.77. The molecule has 0 saturated carbocycles. The highest BCUT2D eigenvalue weighted by Crippen LogP contribution is 2.11. The number of carboxylic acid groups (broad SMARTS) is 1. The molecule has 0 spiro atoms. The lowest BCUT2D eigenvalue weighted by Gasteiger charge is -2.13. The van der Waals surface area contributed by atoms with Gasteiger partial charge in [0.25, 0.3) is 0 Å². The Labute approximate surface area is 133 Å². The van der Waals surface area contributed by atoms with E-state index in [4.69, 9.17) is 5.11 Å². The van der Waals surface area contributed by atoms with Crippen molar-refractivity contribution in [3.8, 4) is 11.4 Å². The number of aliphatic carboxylic acids is 1. The van der Waals surface area contributed by atoms with Gasteiger partial charge in [-0.05, 0) is 11.6 Å². The number of nitrogens with one attached hydrogen (secondary N) is 1. The van der Waals surface area contributed by atoms with Gasteiger partial charge in [0.1, 0.15) is 12.6 Å². The normalized spacial score (nSPS) is 11.9. The Kier molecular flexibility index (Phi) is 5.79. The average molecular weight is 317 g/mol. The van der Waals surface area contributed by atoms with Crippen LogP contribution in [-0.2, 0) is 16.1 Å². The highest BCUT2D eigenvalue weighted by Gasteiger charge is 2.20. The van der Waals surface area contributed by atoms with Gasteiger partial charge in [0.15, 0.2) is 0 Å². The predicted molar refractivity (Wildman–Crippen MR) is 82.3 cm³/mol. The van der Waals surface area contributed by atoms with E-state index in [1.54, 1.807) is 0 Å². The number of carbonyl (C=O) groups excluding carboxylic acids is 1. The average Bonchev–Trinajstić information content (AvgIpc) is 3.00. The van der Waals surface area contributed by atoms with Gasteiger partial charge in [-0.2, -0.15) is 4.80 Å². The molecule has 0 unspecified atom stereocenters. The van der Waals surface area contributed by atoms with Gasteiger partial charge in [0, 0.05) is 5.56 Å². The molecule has 8 heteroatoms. The summed E-state index contributed by atoms with van der Waals surface area (Å²) in [4.78, 5) is 24.2. The molecule has 0 aliphatic heterocycles. The number of rotatable bonds is 8. The van der Waals surface area contributed by atoms with Crippen LogP contribution in [0.2, 0.25) is 0 Å². The number of amides is 1. The molecule has 8 nitrogen and oxygen atoms in total. The van der Waals surface area contributed by atoms with Crippen molar-refractivity contribution in [2.24, 2.45) is 0 Å². The molecule has 23 heavy (non-hydrogen) atoms. The van der Waals surface area contributed by atoms with Crippen LogP contribution in [0.3, 0.4) is 0 Å². The molecule has 0 radical (unpaired) electrons. The molecule has 2 aromatic rings. The molecule has 0 aliphatic rings. The van der Waals surface area contributed by atoms with Crippen molar-refractivity contribution in [3.63, 3.8) is 0 Å². The lowest BCUT2D eigenvalue weighted by atomic mass is 10.1. The monoisotopic (exact) mass is 317 g/mol. The number of hydrogen-bond acceptors (Lipinski definition) is 5. The molecule has 1 amide bonds. The third-order valence-electron chi connectivity index (χ3n) is 3.25. The number of carbonyl (C=O) groups is 2. The Morgan fingerprint density at radius 3 is 2.70 bits per heavy atom. The Morgan fingerprint density at radius 1 is 1.30 bits per heavy atom. The number of nitrogens with zero attached hydrogens (tertiary/aromatic N) is 4. The maximum absolute atomic E-state index is 11.9. The van der Waals surface area contributed by atoms with Crippen molar-refractivity contribution in [1.82, 2.24) is 25.5 Å². The van der Waals surface area contributed by atoms with Crippen molar-refractivity contribution in [2.45, 2.75) is 38.8 Å². The fourth-order valence-corrected chi connectivity index (χ4v) is 2.05. The van der Waals surface area contributed by atoms with Gasteiger partial charge in [-0.25, -0.2) is 4.79 Å². The zero-order valence-electron chi connectivity index (χ0n) is 12.8. The number of aromatic nitrogens is 4. The fourth-order valence-electron chi connectivity index (χ4n) is 2.05. The molecule has 2 N–H and O–H groups in total. The number of carboxylic acids is 1. The molecule has 0 saturated heterocycles. The van der Waals surface area contributed by atoms with Crippen molar-refractivity contribution in [1.29, 1.82) is 0 Å². The van der Waals surface area contributed by atoms with Crippen LogP contribution in [0, 0.1) is 0 Å². The Morgan fingerprint density at radius 2 is 2.04 bits per heavy atom. The first kappa shape index (κ1) is 16.6. The van der Waals surface area contributed by atoms with Gasteiger partial charge in [0.2, 0.25) is 11.7 Å². The summed E-state index contributed by atoms with van der Waals surface area (Å²) < 4.78 is 0. The first-order valence-corrected chi connectivity index (χ1v) is 7.45. The lowest BCUT2D eigenvalue weighted by molar-refractivity contribution is -0.142. The minimum Gasteiger partial charge on any atom is -0.480 e. The summed E-state index contributed by atoms with van der Waals surface area (Å²) in [5.74, 6) is -1.08. The first-order chi connectivity index (χ1) is 11.1. The molecule has 1 aromatic carbocycles. The maximum Gasteiger partial charge on any atom is 0.326 e. The summed E-state index contributed by atoms with van der Waals surface area (Å²) in [6, 6.07) is 8.38. The van der Waals surface area contributed by atoms with Crippen LogP contribution in [0.15, 0.2) is 30.3 Å². The highest BCUT2D eigenvalue weighted by molar-refractivity contribution is 5.83. The number of tetrazole rings is 1. The van der Waals surface area contributed by atoms with Crippen LogP contribution < -0.4 is 5.32 Å². The topological polar surface area (TPSA) is 110 Å². The molecule has 1 atom stereocenters. The summed E-state index contributed by atoms with van der Waals surface area (Å²) in [6.45, 7) is 1.79. The van der Waals surface area contributed by atoms with Gasteiger partial charge < -0.3 is 10.4 Å². The van der Waals surface area contributed by atoms with Crippen LogP contribution in [-0.4, -0.2) is 43.2 Å². The molecular formula is C15H19N5O3. The van der Waals surface area contributed by atoms with Crippen LogP contribution in [0.1, 0.15) is 26.2 Å². The molecule has 2 rings (SSSR count). The van der Waals surface area contributed by atoms with E-state index in [1.807, 2.05) is 37.3 Å². The van der Waals surface area contributed by atoms with Gasteiger partial charge in [-0.15, -0.1) is 10.2 Å². The van der Waals surface area contributed by atoms with Crippen LogP contribution in [0.5, 0.6) is 0 Å². The van der Waals surface area contributed by atoms with Crippen molar-refractivity contribution in [2.75, 3.05) is 0 Å². The lowest BCUT2D eigenvalue weighted by Crippen LogP contribution is -2.42. The quantitative estimate of drug-likeness (QED) is 0.754. The van der Waals surface area contributed by atoms with Crippen LogP contribution in [0.25, 0.3) is 11.4 Å². The third-order valence-corrected chi connectivity index (χ3v) is 3.25. The molecule has 0 aliphatic carbocycles. The van der Waals surface area contributed by atoms with Crippen LogP contribution >= 0.6 is 0 Å². The molecule has 1 heterocycles. The molecule has 1 aromatic heterocycles. The summed E-state index contributed by atoms with van der Waals surface area (Å²) in [6.07, 6.45) is 2.00. The zero-order valence-corrected chi connectivity index (χ0v) is 12.8. The molecule has 0 bridgehead atoms. The van der Waals surface area contributed by atoms with Gasteiger partial charge in [-0.1, -0.05) is 50.1 Å². The smallest absolute Gasteiger partial charge is 0.326 e. The van der Waals surface area contributed by atoms with E-state index in [-0.39, 0.29) is 6.54 Å². The molecule has 122 valence electrons. The van der Waals surface area contributed by atoms with Crippen molar-refractivity contribution >= 4 is 11.9 Å². The number of unbranched alkanes of at least 4 members (excludes halogenated alkanes) is 1. The third kappa shape index (κ3) is 4.87. The minimum absolute atomic E-state index is 0.171. The highest BCUT2D eigenvalue weighted by atomic mass is 16.4. The number of benzene rings is 1. The Bertz CT molecular complexity index is 656. The van der Waals surface area contributed by atoms with Gasteiger partial charge in [0.05, 0.1) is 0 Å². The largest absolute Gasteiger partial charge is 0.480 e. The van der Waals surface area contributed by atoms with E-state index in [2.05, 4.69) is 20.7 Å². The second-order valence-corrected chi connectivity index (χ2v) is 5.11. The van der Waals surface area contributed by atoms with E-state index in [9.17, 15) is 9.59 Å². The van der Waals surface area contributed by atoms with E-state index in [0.717, 1.165) is 23.2 Å². The Balaban J connectivity index is 1.95. The second kappa shape index (κ2) is 8.02. The van der Waals surface area contributed by atoms with Crippen molar-refractivity contribution in [3.05, 3.63) is 30.3 Å². The van der Waals surface area contributed by atoms with E-state index in [0.29, 0.717) is 12.2 Å². The number of hydrogen-bond donors (Lipinski definition) is 2. The summed E-state index contributed by atoms with van der Waals surface area (Å²) in [5, 5.41) is 23.4. The van der Waals surface area contributed by atoms with E-state index >= 15 is 0 Å². The summed E-state index contributed by atoms with van der Waals surface area (Å²) >= 11 is 0. The predicted octanol–water partition coefficient (Wildman–Crippen LogP) is 1.10. The molecular weight excluding hydrogens is 298 g/mol.